The van der Waals surface area contributed by atoms with E-state index in [1.54, 1.807) is 14.2 Å². The van der Waals surface area contributed by atoms with E-state index in [1.807, 2.05) is 24.3 Å². The van der Waals surface area contributed by atoms with Crippen LogP contribution in [-0.4, -0.2) is 39.9 Å². The summed E-state index contributed by atoms with van der Waals surface area (Å²) in [5.74, 6) is 2.52. The number of aliphatic imine (C=N–C) groups is 1. The molecule has 0 heterocycles. The summed E-state index contributed by atoms with van der Waals surface area (Å²) >= 11 is 0. The van der Waals surface area contributed by atoms with Gasteiger partial charge >= 0.3 is 0 Å². The first-order valence-corrected chi connectivity index (χ1v) is 10.0. The SMILES string of the molecule is CCNC(=NCc1ccc(OC)cc1)NCc1ccc(C)cc1OCCCOC.I. The van der Waals surface area contributed by atoms with Crippen molar-refractivity contribution in [1.82, 2.24) is 10.6 Å². The largest absolute Gasteiger partial charge is 0.497 e. The van der Waals surface area contributed by atoms with E-state index in [-0.39, 0.29) is 24.0 Å². The molecule has 0 unspecified atom stereocenters. The molecule has 2 aromatic carbocycles. The standard InChI is InChI=1S/C23H33N3O3.HI/c1-5-24-23(25-16-19-8-11-21(28-4)12-9-19)26-17-20-10-7-18(2)15-22(20)29-14-6-13-27-3;/h7-12,15H,5-6,13-14,16-17H2,1-4H3,(H2,24,25,26);1H. The van der Waals surface area contributed by atoms with Crippen LogP contribution in [0.15, 0.2) is 47.5 Å². The van der Waals surface area contributed by atoms with Crippen LogP contribution in [-0.2, 0) is 17.8 Å². The lowest BCUT2D eigenvalue weighted by Crippen LogP contribution is -2.36. The predicted molar refractivity (Wildman–Crippen MR) is 133 cm³/mol. The van der Waals surface area contributed by atoms with Crippen molar-refractivity contribution in [2.75, 3.05) is 34.0 Å². The van der Waals surface area contributed by atoms with Crippen molar-refractivity contribution in [1.29, 1.82) is 0 Å². The van der Waals surface area contributed by atoms with Gasteiger partial charge in [0.05, 0.1) is 20.3 Å². The molecule has 0 saturated carbocycles. The maximum Gasteiger partial charge on any atom is 0.191 e. The number of guanidine groups is 1. The first kappa shape index (κ1) is 26.0. The summed E-state index contributed by atoms with van der Waals surface area (Å²) in [6.45, 7) is 7.48. The Morgan fingerprint density at radius 3 is 2.43 bits per heavy atom. The molecule has 2 rings (SSSR count). The molecule has 2 aromatic rings. The topological polar surface area (TPSA) is 64.1 Å². The molecule has 0 aromatic heterocycles. The molecular weight excluding hydrogens is 493 g/mol. The highest BCUT2D eigenvalue weighted by atomic mass is 127. The molecule has 0 fully saturated rings. The minimum absolute atomic E-state index is 0. The van der Waals surface area contributed by atoms with Crippen LogP contribution >= 0.6 is 24.0 Å². The second-order valence-corrected chi connectivity index (χ2v) is 6.70. The number of ether oxygens (including phenoxy) is 3. The van der Waals surface area contributed by atoms with E-state index in [1.165, 1.54) is 5.56 Å². The van der Waals surface area contributed by atoms with E-state index in [9.17, 15) is 0 Å². The van der Waals surface area contributed by atoms with E-state index in [4.69, 9.17) is 14.2 Å². The second-order valence-electron chi connectivity index (χ2n) is 6.70. The van der Waals surface area contributed by atoms with E-state index in [2.05, 4.69) is 47.7 Å². The summed E-state index contributed by atoms with van der Waals surface area (Å²) in [5, 5.41) is 6.69. The lowest BCUT2D eigenvalue weighted by Gasteiger charge is -2.15. The Morgan fingerprint density at radius 1 is 1.00 bits per heavy atom. The summed E-state index contributed by atoms with van der Waals surface area (Å²) in [4.78, 5) is 4.68. The molecule has 2 N–H and O–H groups in total. The van der Waals surface area contributed by atoms with Crippen molar-refractivity contribution >= 4 is 29.9 Å². The van der Waals surface area contributed by atoms with Gasteiger partial charge in [0.15, 0.2) is 5.96 Å². The normalized spacial score (nSPS) is 10.9. The monoisotopic (exact) mass is 527 g/mol. The van der Waals surface area contributed by atoms with Crippen LogP contribution in [0.4, 0.5) is 0 Å². The van der Waals surface area contributed by atoms with E-state index < -0.39 is 0 Å². The Labute approximate surface area is 197 Å². The van der Waals surface area contributed by atoms with E-state index in [0.717, 1.165) is 41.6 Å². The molecule has 0 aliphatic rings. The zero-order valence-corrected chi connectivity index (χ0v) is 20.7. The van der Waals surface area contributed by atoms with Gasteiger partial charge in [-0.15, -0.1) is 24.0 Å². The third-order valence-electron chi connectivity index (χ3n) is 4.34. The van der Waals surface area contributed by atoms with Crippen LogP contribution in [0, 0.1) is 6.92 Å². The Morgan fingerprint density at radius 2 is 1.77 bits per heavy atom. The zero-order valence-electron chi connectivity index (χ0n) is 18.4. The molecule has 6 nitrogen and oxygen atoms in total. The number of methoxy groups -OCH3 is 2. The third-order valence-corrected chi connectivity index (χ3v) is 4.34. The highest BCUT2D eigenvalue weighted by Gasteiger charge is 2.06. The van der Waals surface area contributed by atoms with E-state index in [0.29, 0.717) is 26.3 Å². The van der Waals surface area contributed by atoms with Gasteiger partial charge in [0.25, 0.3) is 0 Å². The van der Waals surface area contributed by atoms with E-state index >= 15 is 0 Å². The summed E-state index contributed by atoms with van der Waals surface area (Å²) in [6, 6.07) is 14.2. The number of nitrogens with zero attached hydrogens (tertiary/aromatic N) is 1. The summed E-state index contributed by atoms with van der Waals surface area (Å²) in [5.41, 5.74) is 3.40. The molecule has 0 saturated heterocycles. The molecule has 0 aliphatic heterocycles. The fraction of sp³-hybridized carbons (Fsp3) is 0.435. The van der Waals surface area contributed by atoms with Crippen molar-refractivity contribution in [2.24, 2.45) is 4.99 Å². The van der Waals surface area contributed by atoms with Gasteiger partial charge in [-0.2, -0.15) is 0 Å². The number of hydrogen-bond acceptors (Lipinski definition) is 4. The maximum atomic E-state index is 5.97. The molecule has 0 aliphatic carbocycles. The number of hydrogen-bond donors (Lipinski definition) is 2. The molecule has 30 heavy (non-hydrogen) atoms. The number of rotatable bonds is 11. The minimum Gasteiger partial charge on any atom is -0.497 e. The lowest BCUT2D eigenvalue weighted by atomic mass is 10.1. The van der Waals surface area contributed by atoms with Crippen LogP contribution in [0.3, 0.4) is 0 Å². The maximum absolute atomic E-state index is 5.97. The molecule has 7 heteroatoms. The van der Waals surface area contributed by atoms with Crippen molar-refractivity contribution in [2.45, 2.75) is 33.4 Å². The van der Waals surface area contributed by atoms with Gasteiger partial charge in [0, 0.05) is 38.8 Å². The minimum atomic E-state index is 0. The highest BCUT2D eigenvalue weighted by molar-refractivity contribution is 14.0. The quantitative estimate of drug-likeness (QED) is 0.198. The van der Waals surface area contributed by atoms with Gasteiger partial charge in [0.1, 0.15) is 11.5 Å². The van der Waals surface area contributed by atoms with Crippen molar-refractivity contribution < 1.29 is 14.2 Å². The number of aryl methyl sites for hydroxylation is 1. The Kier molecular flexibility index (Phi) is 12.9. The van der Waals surface area contributed by atoms with Crippen LogP contribution in [0.5, 0.6) is 11.5 Å². The predicted octanol–water partition coefficient (Wildman–Crippen LogP) is 4.29. The van der Waals surface area contributed by atoms with Crippen molar-refractivity contribution in [3.63, 3.8) is 0 Å². The molecular formula is C23H34IN3O3. The van der Waals surface area contributed by atoms with Crippen LogP contribution in [0.25, 0.3) is 0 Å². The highest BCUT2D eigenvalue weighted by Crippen LogP contribution is 2.20. The Hall–Kier alpha value is -2.00. The summed E-state index contributed by atoms with van der Waals surface area (Å²) in [7, 11) is 3.37. The third kappa shape index (κ3) is 9.21. The van der Waals surface area contributed by atoms with Crippen LogP contribution in [0.1, 0.15) is 30.0 Å². The van der Waals surface area contributed by atoms with Gasteiger partial charge < -0.3 is 24.8 Å². The number of nitrogens with one attached hydrogen (secondary N) is 2. The molecule has 0 amide bonds. The van der Waals surface area contributed by atoms with Gasteiger partial charge in [-0.25, -0.2) is 4.99 Å². The number of benzene rings is 2. The van der Waals surface area contributed by atoms with Crippen LogP contribution < -0.4 is 20.1 Å². The number of halogens is 1. The van der Waals surface area contributed by atoms with Gasteiger partial charge in [0.2, 0.25) is 0 Å². The van der Waals surface area contributed by atoms with Gasteiger partial charge in [-0.05, 0) is 43.2 Å². The Balaban J connectivity index is 0.00000450. The summed E-state index contributed by atoms with van der Waals surface area (Å²) < 4.78 is 16.3. The molecule has 0 radical (unpaired) electrons. The lowest BCUT2D eigenvalue weighted by molar-refractivity contribution is 0.171. The second kappa shape index (κ2) is 14.9. The fourth-order valence-corrected chi connectivity index (χ4v) is 2.75. The van der Waals surface area contributed by atoms with Gasteiger partial charge in [-0.3, -0.25) is 0 Å². The van der Waals surface area contributed by atoms with Crippen molar-refractivity contribution in [3.05, 3.63) is 59.2 Å². The average Bonchev–Trinajstić information content (AvgIpc) is 2.74. The molecule has 0 bridgehead atoms. The van der Waals surface area contributed by atoms with Crippen molar-refractivity contribution in [3.8, 4) is 11.5 Å². The van der Waals surface area contributed by atoms with Crippen LogP contribution in [0.2, 0.25) is 0 Å². The fourth-order valence-electron chi connectivity index (χ4n) is 2.75. The molecule has 166 valence electrons. The molecule has 0 atom stereocenters. The first-order chi connectivity index (χ1) is 14.2. The van der Waals surface area contributed by atoms with Gasteiger partial charge in [-0.1, -0.05) is 24.3 Å². The average molecular weight is 527 g/mol. The first-order valence-electron chi connectivity index (χ1n) is 10.0. The Bertz CT molecular complexity index is 767. The molecule has 0 spiro atoms. The zero-order chi connectivity index (χ0) is 20.9. The summed E-state index contributed by atoms with van der Waals surface area (Å²) in [6.07, 6.45) is 0.864. The smallest absolute Gasteiger partial charge is 0.191 e.